The number of rotatable bonds is 5. The summed E-state index contributed by atoms with van der Waals surface area (Å²) in [6.07, 6.45) is 0.573. The second kappa shape index (κ2) is 11.0. The number of unbranched alkanes of at least 4 members (excludes halogenated alkanes) is 1. The molecule has 0 spiro atoms. The molecule has 1 amide bonds. The summed E-state index contributed by atoms with van der Waals surface area (Å²) in [5.41, 5.74) is 0.920. The van der Waals surface area contributed by atoms with Crippen LogP contribution in [0.25, 0.3) is 0 Å². The number of hydrogen-bond donors (Lipinski definition) is 1. The Morgan fingerprint density at radius 2 is 1.86 bits per heavy atom. The predicted octanol–water partition coefficient (Wildman–Crippen LogP) is 2.10. The van der Waals surface area contributed by atoms with E-state index in [1.807, 2.05) is 37.3 Å². The zero-order chi connectivity index (χ0) is 21.4. The number of esters is 2. The van der Waals surface area contributed by atoms with E-state index in [4.69, 9.17) is 9.47 Å². The Morgan fingerprint density at radius 1 is 1.17 bits per heavy atom. The lowest BCUT2D eigenvalue weighted by Crippen LogP contribution is -2.49. The fourth-order valence-corrected chi connectivity index (χ4v) is 3.43. The first kappa shape index (κ1) is 22.9. The SMILES string of the molecule is CCCC[C@H]1OC(=O)C[C@H](O)[C@H](Cc2ccccc2)N(C)C(=O)COC(=O)[C@H]1C. The lowest BCUT2D eigenvalue weighted by molar-refractivity contribution is -0.168. The molecule has 1 fully saturated rings. The highest BCUT2D eigenvalue weighted by molar-refractivity contribution is 5.82. The van der Waals surface area contributed by atoms with Crippen molar-refractivity contribution in [2.75, 3.05) is 13.7 Å². The van der Waals surface area contributed by atoms with Crippen molar-refractivity contribution in [3.63, 3.8) is 0 Å². The topological polar surface area (TPSA) is 93.1 Å². The van der Waals surface area contributed by atoms with Crippen LogP contribution in [0.2, 0.25) is 0 Å². The van der Waals surface area contributed by atoms with E-state index < -0.39 is 48.6 Å². The van der Waals surface area contributed by atoms with Crippen LogP contribution in [0, 0.1) is 5.92 Å². The maximum Gasteiger partial charge on any atom is 0.312 e. The molecule has 160 valence electrons. The summed E-state index contributed by atoms with van der Waals surface area (Å²) >= 11 is 0. The van der Waals surface area contributed by atoms with Gasteiger partial charge in [0.15, 0.2) is 6.61 Å². The second-order valence-corrected chi connectivity index (χ2v) is 7.60. The summed E-state index contributed by atoms with van der Waals surface area (Å²) in [7, 11) is 1.54. The van der Waals surface area contributed by atoms with Gasteiger partial charge in [0.1, 0.15) is 6.10 Å². The van der Waals surface area contributed by atoms with Gasteiger partial charge in [-0.2, -0.15) is 0 Å². The molecule has 1 N–H and O–H groups in total. The lowest BCUT2D eigenvalue weighted by atomic mass is 9.97. The van der Waals surface area contributed by atoms with Gasteiger partial charge in [0.25, 0.3) is 5.91 Å². The maximum absolute atomic E-state index is 12.6. The molecule has 29 heavy (non-hydrogen) atoms. The molecule has 7 nitrogen and oxygen atoms in total. The van der Waals surface area contributed by atoms with Crippen LogP contribution >= 0.6 is 0 Å². The van der Waals surface area contributed by atoms with Gasteiger partial charge in [-0.3, -0.25) is 14.4 Å². The van der Waals surface area contributed by atoms with Crippen LogP contribution in [0.5, 0.6) is 0 Å². The van der Waals surface area contributed by atoms with Gasteiger partial charge in [0.2, 0.25) is 0 Å². The zero-order valence-electron chi connectivity index (χ0n) is 17.4. The zero-order valence-corrected chi connectivity index (χ0v) is 17.4. The standard InChI is InChI=1S/C22H31NO6/c1-4-5-11-19-15(2)22(27)28-14-20(25)23(3)17(18(24)13-21(26)29-19)12-16-9-7-6-8-10-16/h6-10,15,17-19,24H,4-5,11-14H2,1-3H3/t15-,17-,18-,19+/m0/s1. The van der Waals surface area contributed by atoms with E-state index in [1.165, 1.54) is 11.9 Å². The van der Waals surface area contributed by atoms with Crippen LogP contribution in [-0.4, -0.2) is 59.8 Å². The largest absolute Gasteiger partial charge is 0.461 e. The van der Waals surface area contributed by atoms with Crippen molar-refractivity contribution in [1.29, 1.82) is 0 Å². The fraction of sp³-hybridized carbons (Fsp3) is 0.591. The highest BCUT2D eigenvalue weighted by atomic mass is 16.6. The molecule has 0 radical (unpaired) electrons. The minimum atomic E-state index is -1.10. The third kappa shape index (κ3) is 6.56. The van der Waals surface area contributed by atoms with Crippen molar-refractivity contribution in [2.24, 2.45) is 5.92 Å². The second-order valence-electron chi connectivity index (χ2n) is 7.60. The van der Waals surface area contributed by atoms with Crippen LogP contribution in [0.4, 0.5) is 0 Å². The highest BCUT2D eigenvalue weighted by Gasteiger charge is 2.34. The van der Waals surface area contributed by atoms with Gasteiger partial charge in [-0.05, 0) is 25.3 Å². The fourth-order valence-electron chi connectivity index (χ4n) is 3.43. The Morgan fingerprint density at radius 3 is 2.52 bits per heavy atom. The van der Waals surface area contributed by atoms with Gasteiger partial charge in [0, 0.05) is 7.05 Å². The minimum Gasteiger partial charge on any atom is -0.461 e. The molecule has 0 unspecified atom stereocenters. The van der Waals surface area contributed by atoms with Crippen molar-refractivity contribution < 1.29 is 29.0 Å². The first-order valence-electron chi connectivity index (χ1n) is 10.2. The van der Waals surface area contributed by atoms with Crippen LogP contribution in [0.1, 0.15) is 45.1 Å². The number of aliphatic hydroxyl groups excluding tert-OH is 1. The van der Waals surface area contributed by atoms with E-state index in [1.54, 1.807) is 6.92 Å². The van der Waals surface area contributed by atoms with E-state index >= 15 is 0 Å². The molecule has 0 bridgehead atoms. The smallest absolute Gasteiger partial charge is 0.312 e. The summed E-state index contributed by atoms with van der Waals surface area (Å²) in [6, 6.07) is 8.75. The van der Waals surface area contributed by atoms with E-state index in [-0.39, 0.29) is 6.42 Å². The van der Waals surface area contributed by atoms with Gasteiger partial charge < -0.3 is 19.5 Å². The third-order valence-electron chi connectivity index (χ3n) is 5.39. The lowest BCUT2D eigenvalue weighted by Gasteiger charge is -2.33. The number of carbonyl (C=O) groups excluding carboxylic acids is 3. The van der Waals surface area contributed by atoms with Gasteiger partial charge in [0.05, 0.1) is 24.5 Å². The molecule has 0 aliphatic carbocycles. The van der Waals surface area contributed by atoms with Crippen LogP contribution in [0.15, 0.2) is 30.3 Å². The monoisotopic (exact) mass is 405 g/mol. The summed E-state index contributed by atoms with van der Waals surface area (Å²) in [5.74, 6) is -2.26. The van der Waals surface area contributed by atoms with Crippen LogP contribution < -0.4 is 0 Å². The molecule has 1 aliphatic heterocycles. The van der Waals surface area contributed by atoms with Crippen LogP contribution in [0.3, 0.4) is 0 Å². The summed E-state index contributed by atoms with van der Waals surface area (Å²) in [5, 5.41) is 10.8. The number of cyclic esters (lactones) is 2. The average molecular weight is 405 g/mol. The Kier molecular flexibility index (Phi) is 8.64. The highest BCUT2D eigenvalue weighted by Crippen LogP contribution is 2.21. The van der Waals surface area contributed by atoms with Gasteiger partial charge in [-0.1, -0.05) is 50.1 Å². The summed E-state index contributed by atoms with van der Waals surface area (Å²) in [6.45, 7) is 3.23. The maximum atomic E-state index is 12.6. The molecule has 1 aliphatic rings. The summed E-state index contributed by atoms with van der Waals surface area (Å²) < 4.78 is 10.7. The number of carbonyl (C=O) groups is 3. The van der Waals surface area contributed by atoms with Crippen molar-refractivity contribution in [3.05, 3.63) is 35.9 Å². The van der Waals surface area contributed by atoms with E-state index in [2.05, 4.69) is 0 Å². The molecule has 2 rings (SSSR count). The predicted molar refractivity (Wildman–Crippen MR) is 107 cm³/mol. The average Bonchev–Trinajstić information content (AvgIpc) is 2.71. The molecule has 1 aromatic rings. The Labute approximate surface area is 172 Å². The number of nitrogens with zero attached hydrogens (tertiary/aromatic N) is 1. The van der Waals surface area contributed by atoms with Crippen molar-refractivity contribution in [2.45, 2.75) is 64.2 Å². The van der Waals surface area contributed by atoms with Gasteiger partial charge in [-0.25, -0.2) is 0 Å². The molecular weight excluding hydrogens is 374 g/mol. The molecule has 0 saturated carbocycles. The summed E-state index contributed by atoms with van der Waals surface area (Å²) in [4.78, 5) is 38.8. The van der Waals surface area contributed by atoms with Gasteiger partial charge >= 0.3 is 11.9 Å². The normalized spacial score (nSPS) is 26.9. The Bertz CT molecular complexity index is 692. The number of aliphatic hydroxyl groups is 1. The molecule has 1 heterocycles. The van der Waals surface area contributed by atoms with Crippen molar-refractivity contribution >= 4 is 17.8 Å². The first-order chi connectivity index (χ1) is 13.8. The number of likely N-dealkylation sites (N-methyl/N-ethyl adjacent to an activating group) is 1. The van der Waals surface area contributed by atoms with Crippen molar-refractivity contribution in [3.8, 4) is 0 Å². The molecule has 0 aromatic heterocycles. The van der Waals surface area contributed by atoms with E-state index in [9.17, 15) is 19.5 Å². The Hall–Kier alpha value is -2.41. The molecule has 4 atom stereocenters. The number of ether oxygens (including phenoxy) is 2. The molecule has 7 heteroatoms. The molecular formula is C22H31NO6. The van der Waals surface area contributed by atoms with Crippen molar-refractivity contribution in [1.82, 2.24) is 4.90 Å². The van der Waals surface area contributed by atoms with Gasteiger partial charge in [-0.15, -0.1) is 0 Å². The number of amides is 1. The number of hydrogen-bond acceptors (Lipinski definition) is 6. The quantitative estimate of drug-likeness (QED) is 0.754. The van der Waals surface area contributed by atoms with Crippen LogP contribution in [-0.2, 0) is 30.3 Å². The van der Waals surface area contributed by atoms with E-state index in [0.717, 1.165) is 18.4 Å². The first-order valence-corrected chi connectivity index (χ1v) is 10.2. The minimum absolute atomic E-state index is 0.250. The Balaban J connectivity index is 2.24. The van der Waals surface area contributed by atoms with E-state index in [0.29, 0.717) is 12.8 Å². The third-order valence-corrected chi connectivity index (χ3v) is 5.39. The molecule has 1 saturated heterocycles. The number of benzene rings is 1. The molecule has 1 aromatic carbocycles.